The Kier molecular flexibility index (Phi) is 3.33. The smallest absolute Gasteiger partial charge is 0.228 e. The van der Waals surface area contributed by atoms with Crippen molar-refractivity contribution in [3.8, 4) is 0 Å². The minimum atomic E-state index is 0.0849. The van der Waals surface area contributed by atoms with Crippen molar-refractivity contribution in [2.45, 2.75) is 11.2 Å². The maximum absolute atomic E-state index is 11.7. The molecule has 15 heavy (non-hydrogen) atoms. The lowest BCUT2D eigenvalue weighted by Crippen LogP contribution is -2.25. The highest BCUT2D eigenvalue weighted by atomic mass is 79.9. The van der Waals surface area contributed by atoms with Gasteiger partial charge in [0.1, 0.15) is 4.60 Å². The zero-order chi connectivity index (χ0) is 11.0. The molecule has 1 amide bonds. The van der Waals surface area contributed by atoms with Crippen LogP contribution in [-0.2, 0) is 4.79 Å². The molecule has 1 aliphatic heterocycles. The van der Waals surface area contributed by atoms with Gasteiger partial charge in [0.05, 0.1) is 10.7 Å². The molecule has 1 saturated heterocycles. The fraction of sp³-hybridized carbons (Fsp3) is 0.333. The van der Waals surface area contributed by atoms with Gasteiger partial charge in [0.2, 0.25) is 5.91 Å². The van der Waals surface area contributed by atoms with Crippen LogP contribution < -0.4 is 4.90 Å². The maximum atomic E-state index is 11.7. The molecule has 0 radical (unpaired) electrons. The number of aromatic nitrogens is 1. The van der Waals surface area contributed by atoms with Crippen LogP contribution in [0.3, 0.4) is 0 Å². The molecular formula is C9H7Br2ClN2O. The molecule has 1 unspecified atom stereocenters. The third-order valence-corrected chi connectivity index (χ3v) is 3.59. The molecule has 1 aromatic rings. The van der Waals surface area contributed by atoms with E-state index in [1.165, 1.54) is 0 Å². The van der Waals surface area contributed by atoms with Crippen molar-refractivity contribution in [2.75, 3.05) is 11.4 Å². The maximum Gasteiger partial charge on any atom is 0.228 e. The fourth-order valence-electron chi connectivity index (χ4n) is 1.50. The van der Waals surface area contributed by atoms with Crippen LogP contribution in [-0.4, -0.2) is 22.3 Å². The molecule has 0 aliphatic carbocycles. The molecule has 0 N–H and O–H groups in total. The quantitative estimate of drug-likeness (QED) is 0.574. The van der Waals surface area contributed by atoms with Crippen LogP contribution in [0.5, 0.6) is 0 Å². The molecule has 80 valence electrons. The first-order valence-electron chi connectivity index (χ1n) is 4.33. The Morgan fingerprint density at radius 1 is 1.60 bits per heavy atom. The van der Waals surface area contributed by atoms with Crippen LogP contribution in [0.25, 0.3) is 0 Å². The topological polar surface area (TPSA) is 33.2 Å². The molecule has 1 fully saturated rings. The Balaban J connectivity index is 2.37. The first kappa shape index (κ1) is 11.4. The molecule has 0 aromatic carbocycles. The summed E-state index contributed by atoms with van der Waals surface area (Å²) < 4.78 is 0.641. The Hall–Kier alpha value is -0.130. The van der Waals surface area contributed by atoms with E-state index in [2.05, 4.69) is 36.8 Å². The molecule has 0 spiro atoms. The second-order valence-corrected chi connectivity index (χ2v) is 5.75. The predicted molar refractivity (Wildman–Crippen MR) is 66.6 cm³/mol. The molecular weight excluding hydrogens is 347 g/mol. The Bertz CT molecular complexity index is 413. The first-order valence-corrected chi connectivity index (χ1v) is 6.42. The van der Waals surface area contributed by atoms with Crippen molar-refractivity contribution < 1.29 is 4.79 Å². The average molecular weight is 354 g/mol. The predicted octanol–water partition coefficient (Wildman–Crippen LogP) is 3.00. The lowest BCUT2D eigenvalue weighted by atomic mass is 10.4. The summed E-state index contributed by atoms with van der Waals surface area (Å²) in [4.78, 5) is 17.6. The number of carbonyl (C=O) groups is 1. The Labute approximate surface area is 109 Å². The first-order chi connectivity index (χ1) is 7.08. The van der Waals surface area contributed by atoms with Gasteiger partial charge in [-0.1, -0.05) is 27.5 Å². The third-order valence-electron chi connectivity index (χ3n) is 2.16. The van der Waals surface area contributed by atoms with E-state index in [9.17, 15) is 4.79 Å². The van der Waals surface area contributed by atoms with Gasteiger partial charge in [-0.15, -0.1) is 0 Å². The molecule has 1 aliphatic rings. The fourth-order valence-corrected chi connectivity index (χ4v) is 2.65. The highest BCUT2D eigenvalue weighted by Gasteiger charge is 2.30. The van der Waals surface area contributed by atoms with Crippen LogP contribution >= 0.6 is 43.5 Å². The number of halogens is 3. The minimum Gasteiger partial charge on any atom is -0.309 e. The number of alkyl halides is 1. The zero-order valence-electron chi connectivity index (χ0n) is 7.58. The SMILES string of the molecule is O=C1CC(Br)CN1c1cc(Cl)cnc1Br. The van der Waals surface area contributed by atoms with Gasteiger partial charge in [0.15, 0.2) is 0 Å². The highest BCUT2D eigenvalue weighted by Crippen LogP contribution is 2.31. The summed E-state index contributed by atoms with van der Waals surface area (Å²) >= 11 is 12.6. The van der Waals surface area contributed by atoms with Crippen LogP contribution in [0.15, 0.2) is 16.9 Å². The Morgan fingerprint density at radius 2 is 2.33 bits per heavy atom. The average Bonchev–Trinajstić information content (AvgIpc) is 2.50. The number of nitrogens with zero attached hydrogens (tertiary/aromatic N) is 2. The second kappa shape index (κ2) is 4.39. The van der Waals surface area contributed by atoms with Crippen LogP contribution in [0.2, 0.25) is 5.02 Å². The van der Waals surface area contributed by atoms with E-state index in [0.29, 0.717) is 22.6 Å². The normalized spacial score (nSPS) is 21.1. The lowest BCUT2D eigenvalue weighted by molar-refractivity contribution is -0.117. The molecule has 2 heterocycles. The highest BCUT2D eigenvalue weighted by molar-refractivity contribution is 9.10. The molecule has 0 saturated carbocycles. The van der Waals surface area contributed by atoms with Crippen molar-refractivity contribution in [1.29, 1.82) is 0 Å². The van der Waals surface area contributed by atoms with Gasteiger partial charge in [-0.05, 0) is 22.0 Å². The van der Waals surface area contributed by atoms with E-state index < -0.39 is 0 Å². The van der Waals surface area contributed by atoms with Gasteiger partial charge in [-0.25, -0.2) is 4.98 Å². The van der Waals surface area contributed by atoms with E-state index in [-0.39, 0.29) is 10.7 Å². The van der Waals surface area contributed by atoms with Gasteiger partial charge < -0.3 is 4.90 Å². The van der Waals surface area contributed by atoms with Crippen LogP contribution in [0.4, 0.5) is 5.69 Å². The summed E-state index contributed by atoms with van der Waals surface area (Å²) in [5.41, 5.74) is 0.731. The summed E-state index contributed by atoms with van der Waals surface area (Å²) in [5, 5.41) is 0.527. The number of amides is 1. The van der Waals surface area contributed by atoms with Gasteiger partial charge in [0.25, 0.3) is 0 Å². The van der Waals surface area contributed by atoms with Crippen molar-refractivity contribution in [2.24, 2.45) is 0 Å². The van der Waals surface area contributed by atoms with E-state index in [0.717, 1.165) is 5.69 Å². The van der Waals surface area contributed by atoms with Crippen LogP contribution in [0.1, 0.15) is 6.42 Å². The molecule has 2 rings (SSSR count). The molecule has 6 heteroatoms. The number of carbonyl (C=O) groups excluding carboxylic acids is 1. The standard InChI is InChI=1S/C9H7Br2ClN2O/c10-5-1-8(15)14(4-5)7-2-6(12)3-13-9(7)11/h2-3,5H,1,4H2. The van der Waals surface area contributed by atoms with E-state index in [4.69, 9.17) is 11.6 Å². The second-order valence-electron chi connectivity index (χ2n) is 3.27. The minimum absolute atomic E-state index is 0.0849. The summed E-state index contributed by atoms with van der Waals surface area (Å²) in [5.74, 6) is 0.0849. The molecule has 1 atom stereocenters. The van der Waals surface area contributed by atoms with Crippen molar-refractivity contribution in [1.82, 2.24) is 4.98 Å². The van der Waals surface area contributed by atoms with Crippen LogP contribution in [0, 0.1) is 0 Å². The molecule has 1 aromatic heterocycles. The van der Waals surface area contributed by atoms with Crippen molar-refractivity contribution >= 4 is 55.1 Å². The van der Waals surface area contributed by atoms with E-state index in [1.807, 2.05) is 0 Å². The summed E-state index contributed by atoms with van der Waals surface area (Å²) in [6.07, 6.45) is 2.06. The largest absolute Gasteiger partial charge is 0.309 e. The third kappa shape index (κ3) is 2.34. The van der Waals surface area contributed by atoms with Gasteiger partial charge in [0, 0.05) is 24.0 Å². The lowest BCUT2D eigenvalue weighted by Gasteiger charge is -2.17. The monoisotopic (exact) mass is 352 g/mol. The summed E-state index contributed by atoms with van der Waals surface area (Å²) in [6.45, 7) is 0.652. The van der Waals surface area contributed by atoms with Gasteiger partial charge >= 0.3 is 0 Å². The molecule has 3 nitrogen and oxygen atoms in total. The van der Waals surface area contributed by atoms with E-state index >= 15 is 0 Å². The summed E-state index contributed by atoms with van der Waals surface area (Å²) in [7, 11) is 0. The number of hydrogen-bond donors (Lipinski definition) is 0. The van der Waals surface area contributed by atoms with E-state index in [1.54, 1.807) is 17.2 Å². The number of pyridine rings is 1. The van der Waals surface area contributed by atoms with Crippen molar-refractivity contribution in [3.63, 3.8) is 0 Å². The van der Waals surface area contributed by atoms with Gasteiger partial charge in [-0.3, -0.25) is 4.79 Å². The molecule has 0 bridgehead atoms. The number of rotatable bonds is 1. The summed E-state index contributed by atoms with van der Waals surface area (Å²) in [6, 6.07) is 1.74. The number of anilines is 1. The number of hydrogen-bond acceptors (Lipinski definition) is 2. The van der Waals surface area contributed by atoms with Gasteiger partial charge in [-0.2, -0.15) is 0 Å². The zero-order valence-corrected chi connectivity index (χ0v) is 11.5. The Morgan fingerprint density at radius 3 is 2.93 bits per heavy atom. The van der Waals surface area contributed by atoms with Crippen molar-refractivity contribution in [3.05, 3.63) is 21.9 Å².